The van der Waals surface area contributed by atoms with Crippen LogP contribution in [-0.2, 0) is 0 Å². The van der Waals surface area contributed by atoms with Gasteiger partial charge < -0.3 is 10.6 Å². The monoisotopic (exact) mass is 315 g/mol. The third kappa shape index (κ3) is 3.66. The van der Waals surface area contributed by atoms with Gasteiger partial charge in [-0.2, -0.15) is 0 Å². The van der Waals surface area contributed by atoms with Crippen LogP contribution in [0.4, 0.5) is 0 Å². The van der Waals surface area contributed by atoms with Gasteiger partial charge in [0.2, 0.25) is 0 Å². The highest BCUT2D eigenvalue weighted by molar-refractivity contribution is 6.34. The van der Waals surface area contributed by atoms with Gasteiger partial charge in [0, 0.05) is 48.3 Å². The van der Waals surface area contributed by atoms with E-state index in [1.807, 2.05) is 12.1 Å². The third-order valence-corrected chi connectivity index (χ3v) is 4.65. The molecule has 1 fully saturated rings. The Balaban J connectivity index is 2.19. The molecule has 1 aliphatic rings. The van der Waals surface area contributed by atoms with Gasteiger partial charge in [-0.05, 0) is 37.2 Å². The summed E-state index contributed by atoms with van der Waals surface area (Å²) in [5.74, 6) is 0. The molecule has 2 N–H and O–H groups in total. The number of benzene rings is 1. The van der Waals surface area contributed by atoms with E-state index in [0.717, 1.165) is 31.6 Å². The number of nitrogens with two attached hydrogens (primary N) is 1. The van der Waals surface area contributed by atoms with Gasteiger partial charge in [-0.3, -0.25) is 4.90 Å². The lowest BCUT2D eigenvalue weighted by Gasteiger charge is -2.42. The zero-order chi connectivity index (χ0) is 14.7. The van der Waals surface area contributed by atoms with Crippen molar-refractivity contribution in [2.75, 3.05) is 33.2 Å². The van der Waals surface area contributed by atoms with Crippen LogP contribution in [0.25, 0.3) is 0 Å². The molecule has 0 radical (unpaired) electrons. The Labute approximate surface area is 131 Å². The molecule has 1 aromatic carbocycles. The van der Waals surface area contributed by atoms with Gasteiger partial charge in [0.1, 0.15) is 0 Å². The predicted octanol–water partition coefficient (Wildman–Crippen LogP) is 3.02. The third-order valence-electron chi connectivity index (χ3n) is 4.21. The topological polar surface area (TPSA) is 32.5 Å². The van der Waals surface area contributed by atoms with Gasteiger partial charge in [-0.15, -0.1) is 0 Å². The van der Waals surface area contributed by atoms with Crippen molar-refractivity contribution in [2.45, 2.75) is 25.4 Å². The first-order chi connectivity index (χ1) is 9.55. The summed E-state index contributed by atoms with van der Waals surface area (Å²) in [6.07, 6.45) is 1.15. The lowest BCUT2D eigenvalue weighted by molar-refractivity contribution is 0.0644. The van der Waals surface area contributed by atoms with E-state index >= 15 is 0 Å². The summed E-state index contributed by atoms with van der Waals surface area (Å²) >= 11 is 12.2. The van der Waals surface area contributed by atoms with Crippen LogP contribution in [0.5, 0.6) is 0 Å². The second kappa shape index (κ2) is 7.10. The summed E-state index contributed by atoms with van der Waals surface area (Å²) < 4.78 is 0. The van der Waals surface area contributed by atoms with Crippen LogP contribution >= 0.6 is 23.2 Å². The summed E-state index contributed by atoms with van der Waals surface area (Å²) in [5.41, 5.74) is 7.13. The number of rotatable bonds is 4. The van der Waals surface area contributed by atoms with E-state index in [-0.39, 0.29) is 6.04 Å². The number of likely N-dealkylation sites (N-methyl/N-ethyl adjacent to an activating group) is 1. The van der Waals surface area contributed by atoms with Crippen LogP contribution in [0, 0.1) is 0 Å². The minimum Gasteiger partial charge on any atom is -0.329 e. The van der Waals surface area contributed by atoms with E-state index in [1.165, 1.54) is 0 Å². The second-order valence-electron chi connectivity index (χ2n) is 5.49. The van der Waals surface area contributed by atoms with Crippen molar-refractivity contribution >= 4 is 23.2 Å². The highest BCUT2D eigenvalue weighted by atomic mass is 35.5. The first-order valence-corrected chi connectivity index (χ1v) is 7.91. The lowest BCUT2D eigenvalue weighted by atomic mass is 10.0. The minimum atomic E-state index is 0.189. The van der Waals surface area contributed by atoms with Crippen molar-refractivity contribution in [2.24, 2.45) is 5.73 Å². The van der Waals surface area contributed by atoms with Crippen LogP contribution in [-0.4, -0.2) is 49.1 Å². The Morgan fingerprint density at radius 3 is 2.45 bits per heavy atom. The highest BCUT2D eigenvalue weighted by Gasteiger charge is 2.28. The van der Waals surface area contributed by atoms with Crippen LogP contribution in [0.3, 0.4) is 0 Å². The standard InChI is InChI=1S/C15H23Cl2N3/c1-3-14-10-20(5-4-19(14)2)15(9-18)11-6-12(16)8-13(17)7-11/h6-8,14-15H,3-5,9-10,18H2,1-2H3. The van der Waals surface area contributed by atoms with Gasteiger partial charge in [0.05, 0.1) is 0 Å². The fourth-order valence-corrected chi connectivity index (χ4v) is 3.50. The van der Waals surface area contributed by atoms with Crippen molar-refractivity contribution in [3.8, 4) is 0 Å². The second-order valence-corrected chi connectivity index (χ2v) is 6.36. The SMILES string of the molecule is CCC1CN(C(CN)c2cc(Cl)cc(Cl)c2)CCN1C. The molecule has 5 heteroatoms. The summed E-state index contributed by atoms with van der Waals surface area (Å²) in [7, 11) is 2.19. The van der Waals surface area contributed by atoms with Crippen molar-refractivity contribution in [1.82, 2.24) is 9.80 Å². The molecule has 2 rings (SSSR count). The minimum absolute atomic E-state index is 0.189. The molecule has 0 spiro atoms. The van der Waals surface area contributed by atoms with Crippen LogP contribution in [0.2, 0.25) is 10.0 Å². The fourth-order valence-electron chi connectivity index (χ4n) is 2.96. The maximum absolute atomic E-state index is 6.12. The number of hydrogen-bond donors (Lipinski definition) is 1. The Morgan fingerprint density at radius 2 is 1.90 bits per heavy atom. The molecule has 1 aromatic rings. The van der Waals surface area contributed by atoms with E-state index in [0.29, 0.717) is 22.6 Å². The van der Waals surface area contributed by atoms with Gasteiger partial charge >= 0.3 is 0 Å². The smallest absolute Gasteiger partial charge is 0.0472 e. The van der Waals surface area contributed by atoms with Gasteiger partial charge in [0.25, 0.3) is 0 Å². The molecule has 0 amide bonds. The lowest BCUT2D eigenvalue weighted by Crippen LogP contribution is -2.53. The molecular weight excluding hydrogens is 293 g/mol. The van der Waals surface area contributed by atoms with Gasteiger partial charge in [-0.25, -0.2) is 0 Å². The largest absolute Gasteiger partial charge is 0.329 e. The van der Waals surface area contributed by atoms with E-state index in [1.54, 1.807) is 6.07 Å². The maximum atomic E-state index is 6.12. The van der Waals surface area contributed by atoms with Gasteiger partial charge in [0.15, 0.2) is 0 Å². The average Bonchev–Trinajstić information content (AvgIpc) is 2.40. The van der Waals surface area contributed by atoms with E-state index in [4.69, 9.17) is 28.9 Å². The first-order valence-electron chi connectivity index (χ1n) is 7.15. The number of halogens is 2. The Hall–Kier alpha value is -0.320. The fraction of sp³-hybridized carbons (Fsp3) is 0.600. The molecule has 0 saturated carbocycles. The van der Waals surface area contributed by atoms with Crippen molar-refractivity contribution in [3.63, 3.8) is 0 Å². The highest BCUT2D eigenvalue weighted by Crippen LogP contribution is 2.28. The van der Waals surface area contributed by atoms with Crippen molar-refractivity contribution < 1.29 is 0 Å². The van der Waals surface area contributed by atoms with Crippen molar-refractivity contribution in [3.05, 3.63) is 33.8 Å². The zero-order valence-electron chi connectivity index (χ0n) is 12.1. The van der Waals surface area contributed by atoms with Crippen LogP contribution in [0.1, 0.15) is 24.9 Å². The molecule has 20 heavy (non-hydrogen) atoms. The Kier molecular flexibility index (Phi) is 5.70. The average molecular weight is 316 g/mol. The molecule has 2 unspecified atom stereocenters. The Bertz CT molecular complexity index is 432. The van der Waals surface area contributed by atoms with Crippen molar-refractivity contribution in [1.29, 1.82) is 0 Å². The molecule has 0 aliphatic carbocycles. The first kappa shape index (κ1) is 16.1. The molecule has 112 valence electrons. The molecule has 3 nitrogen and oxygen atoms in total. The number of hydrogen-bond acceptors (Lipinski definition) is 3. The molecule has 1 aliphatic heterocycles. The molecule has 0 bridgehead atoms. The molecule has 2 atom stereocenters. The predicted molar refractivity (Wildman–Crippen MR) is 86.5 cm³/mol. The summed E-state index contributed by atoms with van der Waals surface area (Å²) in [6, 6.07) is 6.49. The summed E-state index contributed by atoms with van der Waals surface area (Å²) in [6.45, 7) is 5.95. The molecule has 0 aromatic heterocycles. The number of piperazine rings is 1. The maximum Gasteiger partial charge on any atom is 0.0472 e. The molecule has 1 heterocycles. The van der Waals surface area contributed by atoms with Crippen LogP contribution < -0.4 is 5.73 Å². The van der Waals surface area contributed by atoms with E-state index < -0.39 is 0 Å². The molecule has 1 saturated heterocycles. The molecular formula is C15H23Cl2N3. The number of nitrogens with zero attached hydrogens (tertiary/aromatic N) is 2. The quantitative estimate of drug-likeness (QED) is 0.927. The summed E-state index contributed by atoms with van der Waals surface area (Å²) in [5, 5.41) is 1.35. The van der Waals surface area contributed by atoms with E-state index in [2.05, 4.69) is 23.8 Å². The normalized spacial score (nSPS) is 22.9. The van der Waals surface area contributed by atoms with Gasteiger partial charge in [-0.1, -0.05) is 30.1 Å². The summed E-state index contributed by atoms with van der Waals surface area (Å²) in [4.78, 5) is 4.88. The van der Waals surface area contributed by atoms with Crippen LogP contribution in [0.15, 0.2) is 18.2 Å². The Morgan fingerprint density at radius 1 is 1.25 bits per heavy atom. The zero-order valence-corrected chi connectivity index (χ0v) is 13.7. The van der Waals surface area contributed by atoms with E-state index in [9.17, 15) is 0 Å².